The smallest absolute Gasteiger partial charge is 0.336 e. The number of fused-ring (bicyclic) bond motifs is 2. The molecule has 3 heterocycles. The molecule has 2 aliphatic heterocycles. The van der Waals surface area contributed by atoms with Crippen LogP contribution in [-0.4, -0.2) is 65.7 Å². The Morgan fingerprint density at radius 1 is 1.25 bits per heavy atom. The predicted octanol–water partition coefficient (Wildman–Crippen LogP) is 2.95. The number of likely N-dealkylation sites (N-methyl/N-ethyl adjacent to an activating group) is 1. The number of methoxy groups -OCH3 is 2. The minimum Gasteiger partial charge on any atom is -0.492 e. The van der Waals surface area contributed by atoms with Gasteiger partial charge in [0.25, 0.3) is 0 Å². The van der Waals surface area contributed by atoms with Crippen molar-refractivity contribution in [3.05, 3.63) is 64.1 Å². The summed E-state index contributed by atoms with van der Waals surface area (Å²) in [5.74, 6) is 0.920. The van der Waals surface area contributed by atoms with Crippen molar-refractivity contribution in [1.29, 1.82) is 0 Å². The maximum atomic E-state index is 13.3. The van der Waals surface area contributed by atoms with Crippen molar-refractivity contribution in [2.24, 2.45) is 0 Å². The van der Waals surface area contributed by atoms with E-state index < -0.39 is 11.9 Å². The van der Waals surface area contributed by atoms with Crippen LogP contribution in [0.4, 0.5) is 0 Å². The number of nitrogens with zero attached hydrogens (tertiary/aromatic N) is 5. The zero-order valence-corrected chi connectivity index (χ0v) is 21.1. The van der Waals surface area contributed by atoms with Crippen LogP contribution in [0.15, 0.2) is 36.0 Å². The van der Waals surface area contributed by atoms with E-state index in [1.54, 1.807) is 18.0 Å². The second kappa shape index (κ2) is 9.52. The molecule has 1 aromatic heterocycles. The van der Waals surface area contributed by atoms with Gasteiger partial charge in [-0.05, 0) is 52.9 Å². The second-order valence-electron chi connectivity index (χ2n) is 8.84. The van der Waals surface area contributed by atoms with E-state index >= 15 is 0 Å². The van der Waals surface area contributed by atoms with E-state index in [2.05, 4.69) is 28.5 Å². The minimum atomic E-state index is -0.695. The Bertz CT molecular complexity index is 1350. The number of carbonyl (C=O) groups is 1. The lowest BCUT2D eigenvalue weighted by Gasteiger charge is -2.29. The molecule has 0 saturated carbocycles. The fourth-order valence-corrected chi connectivity index (χ4v) is 5.03. The van der Waals surface area contributed by atoms with Gasteiger partial charge >= 0.3 is 5.97 Å². The van der Waals surface area contributed by atoms with Crippen molar-refractivity contribution in [2.45, 2.75) is 32.6 Å². The van der Waals surface area contributed by atoms with Crippen LogP contribution in [-0.2, 0) is 22.4 Å². The molecule has 0 fully saturated rings. The Kier molecular flexibility index (Phi) is 6.26. The highest BCUT2D eigenvalue weighted by Gasteiger charge is 2.39. The Morgan fingerprint density at radius 2 is 2.08 bits per heavy atom. The number of benzene rings is 2. The third kappa shape index (κ3) is 3.82. The van der Waals surface area contributed by atoms with Crippen LogP contribution in [0.1, 0.15) is 40.9 Å². The summed E-state index contributed by atoms with van der Waals surface area (Å²) in [5, 5.41) is 12.9. The predicted molar refractivity (Wildman–Crippen MR) is 131 cm³/mol. The van der Waals surface area contributed by atoms with Crippen LogP contribution in [0.3, 0.4) is 0 Å². The number of rotatable bonds is 5. The molecule has 0 bridgehead atoms. The fraction of sp³-hybridized carbons (Fsp3) is 0.385. The molecule has 10 nitrogen and oxygen atoms in total. The van der Waals surface area contributed by atoms with E-state index in [0.717, 1.165) is 34.4 Å². The third-order valence-electron chi connectivity index (χ3n) is 6.73. The van der Waals surface area contributed by atoms with Crippen molar-refractivity contribution >= 4 is 5.97 Å². The van der Waals surface area contributed by atoms with E-state index in [-0.39, 0.29) is 6.79 Å². The maximum Gasteiger partial charge on any atom is 0.336 e. The second-order valence-corrected chi connectivity index (χ2v) is 8.84. The molecule has 0 spiro atoms. The monoisotopic (exact) mass is 491 g/mol. The summed E-state index contributed by atoms with van der Waals surface area (Å²) in [5.41, 5.74) is 5.11. The molecule has 36 heavy (non-hydrogen) atoms. The lowest BCUT2D eigenvalue weighted by atomic mass is 9.83. The Balaban J connectivity index is 1.85. The molecule has 2 aliphatic rings. The molecular formula is C26H29N5O5. The highest BCUT2D eigenvalue weighted by Crippen LogP contribution is 2.51. The topological polar surface area (TPSA) is 101 Å². The van der Waals surface area contributed by atoms with Gasteiger partial charge in [-0.15, -0.1) is 5.10 Å². The van der Waals surface area contributed by atoms with E-state index in [1.165, 1.54) is 7.11 Å². The number of ether oxygens (including phenoxy) is 4. The zero-order valence-electron chi connectivity index (χ0n) is 21.1. The highest BCUT2D eigenvalue weighted by atomic mass is 16.7. The summed E-state index contributed by atoms with van der Waals surface area (Å²) in [6, 6.07) is 8.06. The average Bonchev–Trinajstić information content (AvgIpc) is 3.55. The largest absolute Gasteiger partial charge is 0.492 e. The number of para-hydroxylation sites is 1. The van der Waals surface area contributed by atoms with Gasteiger partial charge in [0.05, 0.1) is 31.4 Å². The first-order valence-electron chi connectivity index (χ1n) is 11.8. The molecule has 188 valence electrons. The molecular weight excluding hydrogens is 462 g/mol. The van der Waals surface area contributed by atoms with Crippen molar-refractivity contribution < 1.29 is 23.7 Å². The van der Waals surface area contributed by atoms with Crippen molar-refractivity contribution in [2.75, 3.05) is 34.6 Å². The minimum absolute atomic E-state index is 0.0969. The van der Waals surface area contributed by atoms with Gasteiger partial charge in [-0.2, -0.15) is 4.68 Å². The summed E-state index contributed by atoms with van der Waals surface area (Å²) in [6.07, 6.45) is 3.29. The van der Waals surface area contributed by atoms with Gasteiger partial charge in [-0.1, -0.05) is 25.1 Å². The number of hydrogen-bond donors (Lipinski definition) is 0. The van der Waals surface area contributed by atoms with E-state index in [9.17, 15) is 4.79 Å². The number of esters is 1. The summed E-state index contributed by atoms with van der Waals surface area (Å²) >= 11 is 0. The number of hydrogen-bond acceptors (Lipinski definition) is 9. The number of aromatic nitrogens is 4. The van der Waals surface area contributed by atoms with Crippen LogP contribution in [0.2, 0.25) is 0 Å². The molecule has 5 rings (SSSR count). The third-order valence-corrected chi connectivity index (χ3v) is 6.73. The number of tetrazole rings is 1. The van der Waals surface area contributed by atoms with Gasteiger partial charge < -0.3 is 23.8 Å². The van der Waals surface area contributed by atoms with E-state index in [4.69, 9.17) is 18.9 Å². The molecule has 0 radical (unpaired) electrons. The summed E-state index contributed by atoms with van der Waals surface area (Å²) in [4.78, 5) is 15.2. The molecule has 3 aromatic rings. The van der Waals surface area contributed by atoms with E-state index in [0.29, 0.717) is 41.6 Å². The lowest BCUT2D eigenvalue weighted by Crippen LogP contribution is -2.27. The Hall–Kier alpha value is -4.08. The van der Waals surface area contributed by atoms with Crippen LogP contribution in [0.25, 0.3) is 5.69 Å². The van der Waals surface area contributed by atoms with E-state index in [1.807, 2.05) is 37.1 Å². The molecule has 0 amide bonds. The normalized spacial score (nSPS) is 18.1. The highest BCUT2D eigenvalue weighted by molar-refractivity contribution is 5.91. The van der Waals surface area contributed by atoms with Crippen molar-refractivity contribution in [3.8, 4) is 22.9 Å². The van der Waals surface area contributed by atoms with Crippen LogP contribution in [0.5, 0.6) is 17.2 Å². The molecule has 0 aliphatic carbocycles. The summed E-state index contributed by atoms with van der Waals surface area (Å²) < 4.78 is 24.4. The summed E-state index contributed by atoms with van der Waals surface area (Å²) in [7, 11) is 4.88. The molecule has 1 atom stereocenters. The number of aryl methyl sites for hydroxylation is 2. The zero-order chi connectivity index (χ0) is 25.4. The van der Waals surface area contributed by atoms with Crippen molar-refractivity contribution in [1.82, 2.24) is 25.1 Å². The molecule has 2 aromatic carbocycles. The first-order chi connectivity index (χ1) is 17.5. The Morgan fingerprint density at radius 3 is 2.83 bits per heavy atom. The van der Waals surface area contributed by atoms with Gasteiger partial charge in [-0.25, -0.2) is 4.79 Å². The van der Waals surface area contributed by atoms with Crippen LogP contribution >= 0.6 is 0 Å². The lowest BCUT2D eigenvalue weighted by molar-refractivity contribution is -0.136. The first kappa shape index (κ1) is 23.7. The quantitative estimate of drug-likeness (QED) is 0.499. The van der Waals surface area contributed by atoms with Gasteiger partial charge in [-0.3, -0.25) is 0 Å². The van der Waals surface area contributed by atoms with Gasteiger partial charge in [0.2, 0.25) is 12.5 Å². The SMILES string of the molecule is CCc1cccc(C)c1-n1nnnc1C1/C(C(=O)OC)=C\N(C)CCc2cc3c(c(OC)c21)OCO3. The fourth-order valence-electron chi connectivity index (χ4n) is 5.03. The average molecular weight is 492 g/mol. The maximum absolute atomic E-state index is 13.3. The van der Waals surface area contributed by atoms with Gasteiger partial charge in [0.15, 0.2) is 17.3 Å². The summed E-state index contributed by atoms with van der Waals surface area (Å²) in [6.45, 7) is 4.88. The van der Waals surface area contributed by atoms with Crippen LogP contribution < -0.4 is 14.2 Å². The van der Waals surface area contributed by atoms with Crippen molar-refractivity contribution in [3.63, 3.8) is 0 Å². The molecule has 10 heteroatoms. The first-order valence-corrected chi connectivity index (χ1v) is 11.8. The van der Waals surface area contributed by atoms with Gasteiger partial charge in [0.1, 0.15) is 0 Å². The molecule has 0 N–H and O–H groups in total. The van der Waals surface area contributed by atoms with Gasteiger partial charge in [0, 0.05) is 25.4 Å². The standard InChI is InChI=1S/C26H29N5O5/c1-6-16-9-7-8-15(2)22(16)31-25(27-28-29-31)21-18(26(32)34-5)13-30(3)11-10-17-12-19-23(36-14-35-19)24(33-4)20(17)21/h7-9,12-13,21H,6,10-11,14H2,1-5H3/b18-13+. The van der Waals surface area contributed by atoms with Crippen LogP contribution in [0, 0.1) is 6.92 Å². The molecule has 1 unspecified atom stereocenters. The molecule has 0 saturated heterocycles. The number of carbonyl (C=O) groups excluding carboxylic acids is 1. The Labute approximate surface area is 209 Å².